The molecule has 4 nitrogen and oxygen atoms in total. The van der Waals surface area contributed by atoms with Gasteiger partial charge in [-0.1, -0.05) is 37.3 Å². The van der Waals surface area contributed by atoms with Gasteiger partial charge in [-0.2, -0.15) is 5.26 Å². The first-order valence-electron chi connectivity index (χ1n) is 7.49. The minimum Gasteiger partial charge on any atom is -0.298 e. The smallest absolute Gasteiger partial charge is 0.145 e. The van der Waals surface area contributed by atoms with E-state index in [1.165, 1.54) is 0 Å². The molecule has 0 aromatic heterocycles. The van der Waals surface area contributed by atoms with Gasteiger partial charge in [0, 0.05) is 41.9 Å². The molecular weight excluding hydrogens is 282 g/mol. The minimum atomic E-state index is -0.686. The average Bonchev–Trinajstić information content (AvgIpc) is 2.54. The van der Waals surface area contributed by atoms with E-state index < -0.39 is 16.3 Å². The average molecular weight is 305 g/mol. The van der Waals surface area contributed by atoms with Crippen molar-refractivity contribution in [2.45, 2.75) is 18.9 Å². The number of nitrogens with zero attached hydrogens (tertiary/aromatic N) is 2. The highest BCUT2D eigenvalue weighted by Crippen LogP contribution is 2.22. The topological polar surface area (TPSA) is 56.1 Å². The third kappa shape index (κ3) is 4.13. The second kappa shape index (κ2) is 7.69. The van der Waals surface area contributed by atoms with E-state index in [2.05, 4.69) is 23.2 Å². The molecule has 0 saturated carbocycles. The summed E-state index contributed by atoms with van der Waals surface area (Å²) in [5, 5.41) is 13.3. The molecule has 0 aliphatic carbocycles. The molecule has 0 bridgehead atoms. The van der Waals surface area contributed by atoms with Gasteiger partial charge in [0.05, 0.1) is 6.07 Å². The summed E-state index contributed by atoms with van der Waals surface area (Å²) in [5.74, 6) is 1.42. The van der Waals surface area contributed by atoms with Crippen LogP contribution < -0.4 is 5.32 Å². The first-order valence-corrected chi connectivity index (χ1v) is 8.98. The molecule has 1 unspecified atom stereocenters. The fourth-order valence-corrected chi connectivity index (χ4v) is 3.75. The molecule has 1 aliphatic heterocycles. The highest BCUT2D eigenvalue weighted by atomic mass is 32.2. The maximum atomic E-state index is 11.5. The summed E-state index contributed by atoms with van der Waals surface area (Å²) in [5.41, 5.74) is 0.323. The monoisotopic (exact) mass is 305 g/mol. The van der Waals surface area contributed by atoms with Crippen LogP contribution in [0.4, 0.5) is 0 Å². The molecular formula is C16H23N3OS. The van der Waals surface area contributed by atoms with Crippen molar-refractivity contribution < 1.29 is 4.21 Å². The van der Waals surface area contributed by atoms with Gasteiger partial charge in [0.25, 0.3) is 0 Å². The molecule has 1 aromatic rings. The van der Waals surface area contributed by atoms with Crippen molar-refractivity contribution in [3.63, 3.8) is 0 Å². The summed E-state index contributed by atoms with van der Waals surface area (Å²) in [4.78, 5) is 2.25. The van der Waals surface area contributed by atoms with Crippen LogP contribution in [0.3, 0.4) is 0 Å². The Bertz CT molecular complexity index is 504. The Morgan fingerprint density at radius 3 is 2.57 bits per heavy atom. The maximum absolute atomic E-state index is 11.5. The highest BCUT2D eigenvalue weighted by Gasteiger charge is 2.34. The van der Waals surface area contributed by atoms with Crippen LogP contribution in [0.15, 0.2) is 30.3 Å². The second-order valence-electron chi connectivity index (χ2n) is 5.43. The Hall–Kier alpha value is -1.22. The third-order valence-electron chi connectivity index (χ3n) is 3.87. The summed E-state index contributed by atoms with van der Waals surface area (Å²) in [6, 6.07) is 12.4. The van der Waals surface area contributed by atoms with Crippen molar-refractivity contribution in [1.29, 1.82) is 5.26 Å². The van der Waals surface area contributed by atoms with Gasteiger partial charge in [0.2, 0.25) is 0 Å². The number of hydrogen-bond acceptors (Lipinski definition) is 4. The normalized spacial score (nSPS) is 19.8. The molecule has 0 amide bonds. The lowest BCUT2D eigenvalue weighted by molar-refractivity contribution is 0.227. The molecule has 1 saturated heterocycles. The fraction of sp³-hybridized carbons (Fsp3) is 0.562. The van der Waals surface area contributed by atoms with Crippen molar-refractivity contribution >= 4 is 10.8 Å². The number of nitrogens with one attached hydrogen (secondary N) is 1. The third-order valence-corrected chi connectivity index (χ3v) is 5.14. The fourth-order valence-electron chi connectivity index (χ4n) is 2.62. The molecule has 0 radical (unpaired) electrons. The van der Waals surface area contributed by atoms with Gasteiger partial charge in [-0.15, -0.1) is 0 Å². The molecule has 1 fully saturated rings. The lowest BCUT2D eigenvalue weighted by Crippen LogP contribution is -2.53. The van der Waals surface area contributed by atoms with E-state index in [9.17, 15) is 9.47 Å². The Kier molecular flexibility index (Phi) is 5.92. The van der Waals surface area contributed by atoms with Crippen LogP contribution in [0.1, 0.15) is 18.9 Å². The number of nitriles is 1. The van der Waals surface area contributed by atoms with Crippen LogP contribution >= 0.6 is 0 Å². The van der Waals surface area contributed by atoms with E-state index in [4.69, 9.17) is 0 Å². The van der Waals surface area contributed by atoms with E-state index in [1.54, 1.807) is 0 Å². The lowest BCUT2D eigenvalue weighted by Gasteiger charge is -2.36. The Morgan fingerprint density at radius 1 is 1.33 bits per heavy atom. The van der Waals surface area contributed by atoms with Gasteiger partial charge in [0.15, 0.2) is 0 Å². The van der Waals surface area contributed by atoms with Crippen molar-refractivity contribution in [1.82, 2.24) is 10.2 Å². The van der Waals surface area contributed by atoms with E-state index in [0.717, 1.165) is 31.6 Å². The molecule has 1 aliphatic rings. The van der Waals surface area contributed by atoms with Crippen LogP contribution in [0, 0.1) is 11.3 Å². The van der Waals surface area contributed by atoms with E-state index in [0.29, 0.717) is 18.1 Å². The van der Waals surface area contributed by atoms with Crippen LogP contribution in [0.25, 0.3) is 0 Å². The predicted molar refractivity (Wildman–Crippen MR) is 86.3 cm³/mol. The molecule has 1 aromatic carbocycles. The summed E-state index contributed by atoms with van der Waals surface area (Å²) < 4.78 is 11.5. The second-order valence-corrected chi connectivity index (χ2v) is 7.13. The van der Waals surface area contributed by atoms with Gasteiger partial charge in [-0.25, -0.2) is 0 Å². The SMILES string of the molecule is CCCNC(C#N)(CN1CCS(=O)CC1)c1ccccc1. The first kappa shape index (κ1) is 16.2. The van der Waals surface area contributed by atoms with E-state index >= 15 is 0 Å². The van der Waals surface area contributed by atoms with Gasteiger partial charge in [-0.05, 0) is 18.5 Å². The highest BCUT2D eigenvalue weighted by molar-refractivity contribution is 7.85. The van der Waals surface area contributed by atoms with Gasteiger partial charge in [0.1, 0.15) is 5.54 Å². The van der Waals surface area contributed by atoms with Crippen molar-refractivity contribution in [2.75, 3.05) is 37.7 Å². The van der Waals surface area contributed by atoms with Crippen LogP contribution in [-0.4, -0.2) is 46.8 Å². The molecule has 2 rings (SSSR count). The molecule has 1 atom stereocenters. The zero-order valence-electron chi connectivity index (χ0n) is 12.5. The molecule has 114 valence electrons. The van der Waals surface area contributed by atoms with Gasteiger partial charge >= 0.3 is 0 Å². The van der Waals surface area contributed by atoms with E-state index in [1.807, 2.05) is 30.3 Å². The van der Waals surface area contributed by atoms with Crippen LogP contribution in [0.2, 0.25) is 0 Å². The van der Waals surface area contributed by atoms with Crippen molar-refractivity contribution in [2.24, 2.45) is 0 Å². The number of rotatable bonds is 6. The quantitative estimate of drug-likeness (QED) is 0.865. The predicted octanol–water partition coefficient (Wildman–Crippen LogP) is 1.47. The number of benzene rings is 1. The Balaban J connectivity index is 2.19. The summed E-state index contributed by atoms with van der Waals surface area (Å²) >= 11 is 0. The van der Waals surface area contributed by atoms with Gasteiger partial charge in [-0.3, -0.25) is 14.4 Å². The Labute approximate surface area is 129 Å². The molecule has 21 heavy (non-hydrogen) atoms. The van der Waals surface area contributed by atoms with Crippen molar-refractivity contribution in [3.8, 4) is 6.07 Å². The number of hydrogen-bond donors (Lipinski definition) is 1. The zero-order valence-corrected chi connectivity index (χ0v) is 13.4. The van der Waals surface area contributed by atoms with Gasteiger partial charge < -0.3 is 0 Å². The molecule has 1 N–H and O–H groups in total. The zero-order chi connectivity index (χ0) is 15.1. The standard InChI is InChI=1S/C16H23N3OS/c1-2-8-18-16(13-17,15-6-4-3-5-7-15)14-19-9-11-21(20)12-10-19/h3-7,18H,2,8-12,14H2,1H3. The summed E-state index contributed by atoms with van der Waals surface area (Å²) in [7, 11) is -0.686. The molecule has 0 spiro atoms. The molecule has 5 heteroatoms. The summed E-state index contributed by atoms with van der Waals surface area (Å²) in [6.07, 6.45) is 0.986. The summed E-state index contributed by atoms with van der Waals surface area (Å²) in [6.45, 7) is 5.16. The van der Waals surface area contributed by atoms with Crippen LogP contribution in [0.5, 0.6) is 0 Å². The van der Waals surface area contributed by atoms with Crippen LogP contribution in [-0.2, 0) is 16.3 Å². The Morgan fingerprint density at radius 2 is 2.00 bits per heavy atom. The largest absolute Gasteiger partial charge is 0.298 e. The first-order chi connectivity index (χ1) is 10.2. The van der Waals surface area contributed by atoms with Crippen molar-refractivity contribution in [3.05, 3.63) is 35.9 Å². The lowest BCUT2D eigenvalue weighted by atomic mass is 9.90. The molecule has 1 heterocycles. The van der Waals surface area contributed by atoms with E-state index in [-0.39, 0.29) is 0 Å². The maximum Gasteiger partial charge on any atom is 0.145 e. The minimum absolute atomic E-state index is 0.644.